The maximum Gasteiger partial charge on any atom is 0.0963 e. The maximum atomic E-state index is 6.17. The summed E-state index contributed by atoms with van der Waals surface area (Å²) >= 11 is 6.17. The maximum absolute atomic E-state index is 6.17. The smallest absolute Gasteiger partial charge is 0.0963 e. The first kappa shape index (κ1) is 11.9. The van der Waals surface area contributed by atoms with Gasteiger partial charge >= 0.3 is 0 Å². The fourth-order valence-corrected chi connectivity index (χ4v) is 2.17. The van der Waals surface area contributed by atoms with E-state index in [4.69, 9.17) is 16.3 Å². The SMILES string of the molecule is CC1(C)CNCC(c2ccccc2Cl)OC1. The monoisotopic (exact) mass is 239 g/mol. The molecule has 1 atom stereocenters. The van der Waals surface area contributed by atoms with Gasteiger partial charge in [0.1, 0.15) is 0 Å². The minimum absolute atomic E-state index is 0.0653. The summed E-state index contributed by atoms with van der Waals surface area (Å²) in [5, 5.41) is 4.22. The summed E-state index contributed by atoms with van der Waals surface area (Å²) in [6.45, 7) is 6.97. The predicted octanol–water partition coefficient (Wildman–Crippen LogP) is 3.03. The van der Waals surface area contributed by atoms with Crippen LogP contribution in [0.1, 0.15) is 25.5 Å². The molecule has 1 aliphatic heterocycles. The first-order valence-corrected chi connectivity index (χ1v) is 6.03. The Labute approximate surface area is 102 Å². The quantitative estimate of drug-likeness (QED) is 0.814. The highest BCUT2D eigenvalue weighted by molar-refractivity contribution is 6.31. The molecular formula is C13H18ClNO. The van der Waals surface area contributed by atoms with E-state index >= 15 is 0 Å². The van der Waals surface area contributed by atoms with E-state index in [1.165, 1.54) is 0 Å². The van der Waals surface area contributed by atoms with Gasteiger partial charge in [0.15, 0.2) is 0 Å². The molecule has 1 saturated heterocycles. The van der Waals surface area contributed by atoms with Gasteiger partial charge in [-0.15, -0.1) is 0 Å². The van der Waals surface area contributed by atoms with Crippen molar-refractivity contribution in [2.45, 2.75) is 20.0 Å². The van der Waals surface area contributed by atoms with Gasteiger partial charge in [-0.1, -0.05) is 43.6 Å². The van der Waals surface area contributed by atoms with Gasteiger partial charge < -0.3 is 10.1 Å². The van der Waals surface area contributed by atoms with Crippen LogP contribution < -0.4 is 5.32 Å². The Hall–Kier alpha value is -0.570. The van der Waals surface area contributed by atoms with Crippen LogP contribution in [-0.2, 0) is 4.74 Å². The number of ether oxygens (including phenoxy) is 1. The van der Waals surface area contributed by atoms with Crippen molar-refractivity contribution in [3.8, 4) is 0 Å². The zero-order valence-electron chi connectivity index (χ0n) is 9.79. The summed E-state index contributed by atoms with van der Waals surface area (Å²) in [6.07, 6.45) is 0.0653. The van der Waals surface area contributed by atoms with Crippen molar-refractivity contribution in [1.82, 2.24) is 5.32 Å². The fraction of sp³-hybridized carbons (Fsp3) is 0.538. The number of nitrogens with one attached hydrogen (secondary N) is 1. The molecule has 2 rings (SSSR count). The average Bonchev–Trinajstić information content (AvgIpc) is 2.40. The van der Waals surface area contributed by atoms with Crippen LogP contribution in [0.5, 0.6) is 0 Å². The highest BCUT2D eigenvalue weighted by Gasteiger charge is 2.26. The standard InChI is InChI=1S/C13H18ClNO/c1-13(2)8-15-7-12(16-9-13)10-5-3-4-6-11(10)14/h3-6,12,15H,7-9H2,1-2H3. The second-order valence-corrected chi connectivity index (χ2v) is 5.52. The van der Waals surface area contributed by atoms with E-state index in [-0.39, 0.29) is 11.5 Å². The average molecular weight is 240 g/mol. The third-order valence-corrected chi connectivity index (χ3v) is 3.20. The minimum Gasteiger partial charge on any atom is -0.372 e. The van der Waals surface area contributed by atoms with E-state index in [9.17, 15) is 0 Å². The summed E-state index contributed by atoms with van der Waals surface area (Å²) in [4.78, 5) is 0. The Kier molecular flexibility index (Phi) is 3.53. The zero-order chi connectivity index (χ0) is 11.6. The molecule has 16 heavy (non-hydrogen) atoms. The molecule has 1 heterocycles. The van der Waals surface area contributed by atoms with E-state index in [0.29, 0.717) is 0 Å². The Bertz CT molecular complexity index is 365. The first-order chi connectivity index (χ1) is 7.58. The lowest BCUT2D eigenvalue weighted by Gasteiger charge is -2.22. The van der Waals surface area contributed by atoms with Gasteiger partial charge in [0.05, 0.1) is 12.7 Å². The summed E-state index contributed by atoms with van der Waals surface area (Å²) in [7, 11) is 0. The van der Waals surface area contributed by atoms with E-state index in [1.807, 2.05) is 24.3 Å². The topological polar surface area (TPSA) is 21.3 Å². The first-order valence-electron chi connectivity index (χ1n) is 5.65. The summed E-state index contributed by atoms with van der Waals surface area (Å²) in [5.74, 6) is 0. The van der Waals surface area contributed by atoms with Gasteiger partial charge in [0.25, 0.3) is 0 Å². The van der Waals surface area contributed by atoms with Crippen molar-refractivity contribution in [2.24, 2.45) is 5.41 Å². The number of hydrogen-bond donors (Lipinski definition) is 1. The van der Waals surface area contributed by atoms with Crippen molar-refractivity contribution < 1.29 is 4.74 Å². The molecule has 0 spiro atoms. The molecule has 0 bridgehead atoms. The highest BCUT2D eigenvalue weighted by Crippen LogP contribution is 2.29. The largest absolute Gasteiger partial charge is 0.372 e. The van der Waals surface area contributed by atoms with Gasteiger partial charge in [0, 0.05) is 29.1 Å². The van der Waals surface area contributed by atoms with Crippen LogP contribution >= 0.6 is 11.6 Å². The van der Waals surface area contributed by atoms with Crippen molar-refractivity contribution in [3.63, 3.8) is 0 Å². The number of halogens is 1. The van der Waals surface area contributed by atoms with Crippen LogP contribution in [0.3, 0.4) is 0 Å². The lowest BCUT2D eigenvalue weighted by Crippen LogP contribution is -2.29. The van der Waals surface area contributed by atoms with Crippen LogP contribution in [0.4, 0.5) is 0 Å². The number of hydrogen-bond acceptors (Lipinski definition) is 2. The molecule has 3 heteroatoms. The minimum atomic E-state index is 0.0653. The molecule has 0 amide bonds. The van der Waals surface area contributed by atoms with E-state index in [1.54, 1.807) is 0 Å². The normalized spacial score (nSPS) is 25.1. The van der Waals surface area contributed by atoms with E-state index in [0.717, 1.165) is 30.3 Å². The Morgan fingerprint density at radius 2 is 2.12 bits per heavy atom. The molecule has 1 aromatic rings. The lowest BCUT2D eigenvalue weighted by atomic mass is 9.95. The van der Waals surface area contributed by atoms with Crippen molar-refractivity contribution in [1.29, 1.82) is 0 Å². The van der Waals surface area contributed by atoms with Gasteiger partial charge in [-0.2, -0.15) is 0 Å². The van der Waals surface area contributed by atoms with Gasteiger partial charge in [-0.3, -0.25) is 0 Å². The van der Waals surface area contributed by atoms with Crippen LogP contribution in [-0.4, -0.2) is 19.7 Å². The molecule has 0 saturated carbocycles. The molecule has 1 unspecified atom stereocenters. The molecule has 1 aliphatic rings. The van der Waals surface area contributed by atoms with Crippen LogP contribution in [0.15, 0.2) is 24.3 Å². The number of benzene rings is 1. The van der Waals surface area contributed by atoms with E-state index in [2.05, 4.69) is 19.2 Å². The lowest BCUT2D eigenvalue weighted by molar-refractivity contribution is 0.0260. The molecule has 0 aliphatic carbocycles. The molecule has 0 aromatic heterocycles. The predicted molar refractivity (Wildman–Crippen MR) is 66.8 cm³/mol. The van der Waals surface area contributed by atoms with E-state index < -0.39 is 0 Å². The second kappa shape index (κ2) is 4.74. The fourth-order valence-electron chi connectivity index (χ4n) is 1.91. The zero-order valence-corrected chi connectivity index (χ0v) is 10.6. The molecular weight excluding hydrogens is 222 g/mol. The van der Waals surface area contributed by atoms with Crippen LogP contribution in [0.25, 0.3) is 0 Å². The van der Waals surface area contributed by atoms with Crippen molar-refractivity contribution in [3.05, 3.63) is 34.9 Å². The molecule has 1 aromatic carbocycles. The molecule has 1 N–H and O–H groups in total. The Balaban J connectivity index is 2.14. The molecule has 0 radical (unpaired) electrons. The van der Waals surface area contributed by atoms with Gasteiger partial charge in [0.2, 0.25) is 0 Å². The summed E-state index contributed by atoms with van der Waals surface area (Å²) in [5.41, 5.74) is 1.27. The number of rotatable bonds is 1. The van der Waals surface area contributed by atoms with Gasteiger partial charge in [-0.25, -0.2) is 0 Å². The third kappa shape index (κ3) is 2.76. The van der Waals surface area contributed by atoms with Gasteiger partial charge in [-0.05, 0) is 6.07 Å². The summed E-state index contributed by atoms with van der Waals surface area (Å²) in [6, 6.07) is 7.89. The van der Waals surface area contributed by atoms with Crippen molar-refractivity contribution >= 4 is 11.6 Å². The van der Waals surface area contributed by atoms with Crippen LogP contribution in [0, 0.1) is 5.41 Å². The van der Waals surface area contributed by atoms with Crippen molar-refractivity contribution in [2.75, 3.05) is 19.7 Å². The third-order valence-electron chi connectivity index (χ3n) is 2.86. The molecule has 1 fully saturated rings. The Morgan fingerprint density at radius 1 is 1.38 bits per heavy atom. The van der Waals surface area contributed by atoms with Crippen LogP contribution in [0.2, 0.25) is 5.02 Å². The second-order valence-electron chi connectivity index (χ2n) is 5.12. The highest BCUT2D eigenvalue weighted by atomic mass is 35.5. The molecule has 2 nitrogen and oxygen atoms in total. The Morgan fingerprint density at radius 3 is 2.88 bits per heavy atom. The summed E-state index contributed by atoms with van der Waals surface area (Å²) < 4.78 is 5.94. The molecule has 88 valence electrons.